The Balaban J connectivity index is 1.60. The van der Waals surface area contributed by atoms with Gasteiger partial charge in [0.2, 0.25) is 0 Å². The van der Waals surface area contributed by atoms with Gasteiger partial charge in [0.1, 0.15) is 0 Å². The van der Waals surface area contributed by atoms with Crippen molar-refractivity contribution in [1.82, 2.24) is 10.2 Å². The summed E-state index contributed by atoms with van der Waals surface area (Å²) in [5, 5.41) is 3.21. The van der Waals surface area contributed by atoms with E-state index in [1.807, 2.05) is 30.3 Å². The normalized spacial score (nSPS) is 19.0. The topological polar surface area (TPSA) is 32.3 Å². The van der Waals surface area contributed by atoms with E-state index in [0.29, 0.717) is 0 Å². The van der Waals surface area contributed by atoms with E-state index in [4.69, 9.17) is 0 Å². The van der Waals surface area contributed by atoms with Crippen LogP contribution in [-0.4, -0.2) is 29.9 Å². The van der Waals surface area contributed by atoms with Gasteiger partial charge in [-0.2, -0.15) is 0 Å². The molecule has 1 saturated heterocycles. The summed E-state index contributed by atoms with van der Waals surface area (Å²) in [5.41, 5.74) is 2.08. The summed E-state index contributed by atoms with van der Waals surface area (Å²) in [4.78, 5) is 14.8. The van der Waals surface area contributed by atoms with Crippen LogP contribution in [0.2, 0.25) is 0 Å². The zero-order valence-electron chi connectivity index (χ0n) is 13.4. The molecule has 0 aromatic heterocycles. The standard InChI is InChI=1S/C20H24N2O/c23-20(18-11-5-2-6-12-18)21-19-13-7-8-14-22(16-19)15-17-9-3-1-4-10-17/h1-6,9-12,19H,7-8,13-16H2,(H,21,23). The number of carbonyl (C=O) groups excluding carboxylic acids is 1. The molecule has 120 valence electrons. The van der Waals surface area contributed by atoms with Crippen molar-refractivity contribution >= 4 is 5.91 Å². The number of amides is 1. The molecule has 1 atom stereocenters. The molecular weight excluding hydrogens is 284 g/mol. The van der Waals surface area contributed by atoms with E-state index in [-0.39, 0.29) is 11.9 Å². The summed E-state index contributed by atoms with van der Waals surface area (Å²) in [5.74, 6) is 0.0390. The Bertz CT molecular complexity index is 612. The van der Waals surface area contributed by atoms with E-state index in [0.717, 1.165) is 31.6 Å². The highest BCUT2D eigenvalue weighted by atomic mass is 16.1. The van der Waals surface area contributed by atoms with E-state index in [1.165, 1.54) is 18.4 Å². The van der Waals surface area contributed by atoms with Crippen molar-refractivity contribution < 1.29 is 4.79 Å². The fourth-order valence-electron chi connectivity index (χ4n) is 3.18. The van der Waals surface area contributed by atoms with Gasteiger partial charge in [-0.1, -0.05) is 55.0 Å². The van der Waals surface area contributed by atoms with Gasteiger partial charge in [-0.15, -0.1) is 0 Å². The molecule has 0 spiro atoms. The van der Waals surface area contributed by atoms with E-state index in [1.54, 1.807) is 0 Å². The number of nitrogens with zero attached hydrogens (tertiary/aromatic N) is 1. The molecule has 3 rings (SSSR count). The predicted molar refractivity (Wildman–Crippen MR) is 93.3 cm³/mol. The fraction of sp³-hybridized carbons (Fsp3) is 0.350. The molecule has 1 amide bonds. The molecule has 1 N–H and O–H groups in total. The zero-order valence-corrected chi connectivity index (χ0v) is 13.4. The van der Waals surface area contributed by atoms with Crippen molar-refractivity contribution in [3.05, 3.63) is 71.8 Å². The molecule has 3 nitrogen and oxygen atoms in total. The number of hydrogen-bond donors (Lipinski definition) is 1. The lowest BCUT2D eigenvalue weighted by Gasteiger charge is -2.25. The first-order chi connectivity index (χ1) is 11.3. The van der Waals surface area contributed by atoms with Crippen LogP contribution in [0.1, 0.15) is 35.2 Å². The Kier molecular flexibility index (Phi) is 5.43. The van der Waals surface area contributed by atoms with Crippen LogP contribution in [0, 0.1) is 0 Å². The van der Waals surface area contributed by atoms with E-state index < -0.39 is 0 Å². The smallest absolute Gasteiger partial charge is 0.251 e. The Labute approximate surface area is 138 Å². The van der Waals surface area contributed by atoms with Crippen molar-refractivity contribution in [2.75, 3.05) is 13.1 Å². The molecule has 23 heavy (non-hydrogen) atoms. The number of hydrogen-bond acceptors (Lipinski definition) is 2. The Morgan fingerprint density at radius 3 is 2.43 bits per heavy atom. The van der Waals surface area contributed by atoms with E-state index in [9.17, 15) is 4.79 Å². The van der Waals surface area contributed by atoms with Crippen LogP contribution in [0.4, 0.5) is 0 Å². The van der Waals surface area contributed by atoms with Crippen molar-refractivity contribution in [2.24, 2.45) is 0 Å². The maximum Gasteiger partial charge on any atom is 0.251 e. The van der Waals surface area contributed by atoms with Gasteiger partial charge in [0, 0.05) is 24.7 Å². The highest BCUT2D eigenvalue weighted by Crippen LogP contribution is 2.14. The van der Waals surface area contributed by atoms with Gasteiger partial charge in [0.25, 0.3) is 5.91 Å². The molecule has 3 heteroatoms. The summed E-state index contributed by atoms with van der Waals surface area (Å²) >= 11 is 0. The zero-order chi connectivity index (χ0) is 15.9. The molecule has 0 bridgehead atoms. The average Bonchev–Trinajstić information content (AvgIpc) is 2.81. The number of carbonyl (C=O) groups is 1. The molecule has 1 fully saturated rings. The maximum absolute atomic E-state index is 12.4. The van der Waals surface area contributed by atoms with Crippen LogP contribution < -0.4 is 5.32 Å². The van der Waals surface area contributed by atoms with Crippen molar-refractivity contribution in [2.45, 2.75) is 31.8 Å². The molecule has 1 aliphatic rings. The van der Waals surface area contributed by atoms with Gasteiger partial charge < -0.3 is 5.32 Å². The van der Waals surface area contributed by atoms with Gasteiger partial charge in [-0.05, 0) is 37.1 Å². The Morgan fingerprint density at radius 1 is 1.00 bits per heavy atom. The first-order valence-electron chi connectivity index (χ1n) is 8.43. The molecule has 0 saturated carbocycles. The molecule has 0 aliphatic carbocycles. The predicted octanol–water partition coefficient (Wildman–Crippen LogP) is 3.47. The van der Waals surface area contributed by atoms with Gasteiger partial charge >= 0.3 is 0 Å². The summed E-state index contributed by atoms with van der Waals surface area (Å²) in [6.07, 6.45) is 3.43. The number of benzene rings is 2. The summed E-state index contributed by atoms with van der Waals surface area (Å²) in [6.45, 7) is 2.98. The van der Waals surface area contributed by atoms with E-state index >= 15 is 0 Å². The van der Waals surface area contributed by atoms with Crippen molar-refractivity contribution in [3.63, 3.8) is 0 Å². The van der Waals surface area contributed by atoms with Gasteiger partial charge in [0.05, 0.1) is 0 Å². The molecule has 1 heterocycles. The van der Waals surface area contributed by atoms with E-state index in [2.05, 4.69) is 40.5 Å². The first-order valence-corrected chi connectivity index (χ1v) is 8.43. The van der Waals surface area contributed by atoms with Crippen molar-refractivity contribution in [3.8, 4) is 0 Å². The second kappa shape index (κ2) is 7.93. The molecule has 2 aromatic carbocycles. The third-order valence-electron chi connectivity index (χ3n) is 4.38. The van der Waals surface area contributed by atoms with Crippen LogP contribution in [0.15, 0.2) is 60.7 Å². The van der Waals surface area contributed by atoms with Crippen molar-refractivity contribution in [1.29, 1.82) is 0 Å². The van der Waals surface area contributed by atoms with Crippen LogP contribution >= 0.6 is 0 Å². The van der Waals surface area contributed by atoms with Gasteiger partial charge in [-0.3, -0.25) is 9.69 Å². The number of likely N-dealkylation sites (tertiary alicyclic amines) is 1. The Hall–Kier alpha value is -2.13. The maximum atomic E-state index is 12.4. The molecule has 1 unspecified atom stereocenters. The minimum atomic E-state index is 0.0390. The lowest BCUT2D eigenvalue weighted by molar-refractivity contribution is 0.0925. The average molecular weight is 308 g/mol. The largest absolute Gasteiger partial charge is 0.348 e. The lowest BCUT2D eigenvalue weighted by atomic mass is 10.1. The Morgan fingerprint density at radius 2 is 1.70 bits per heavy atom. The molecule has 0 radical (unpaired) electrons. The lowest BCUT2D eigenvalue weighted by Crippen LogP contribution is -2.42. The third kappa shape index (κ3) is 4.67. The minimum absolute atomic E-state index is 0.0390. The van der Waals surface area contributed by atoms with Crippen LogP contribution in [-0.2, 0) is 6.54 Å². The van der Waals surface area contributed by atoms with Crippen LogP contribution in [0.25, 0.3) is 0 Å². The summed E-state index contributed by atoms with van der Waals surface area (Å²) in [7, 11) is 0. The third-order valence-corrected chi connectivity index (χ3v) is 4.38. The number of rotatable bonds is 4. The molecular formula is C20H24N2O. The summed E-state index contributed by atoms with van der Waals surface area (Å²) < 4.78 is 0. The molecule has 1 aliphatic heterocycles. The fourth-order valence-corrected chi connectivity index (χ4v) is 3.18. The van der Waals surface area contributed by atoms with Gasteiger partial charge in [-0.25, -0.2) is 0 Å². The van der Waals surface area contributed by atoms with Gasteiger partial charge in [0.15, 0.2) is 0 Å². The number of nitrogens with one attached hydrogen (secondary N) is 1. The monoisotopic (exact) mass is 308 g/mol. The summed E-state index contributed by atoms with van der Waals surface area (Å²) in [6, 6.07) is 20.3. The van der Waals surface area contributed by atoms with Crippen LogP contribution in [0.5, 0.6) is 0 Å². The quantitative estimate of drug-likeness (QED) is 0.938. The highest BCUT2D eigenvalue weighted by molar-refractivity contribution is 5.94. The van der Waals surface area contributed by atoms with Crippen LogP contribution in [0.3, 0.4) is 0 Å². The first kappa shape index (κ1) is 15.8. The minimum Gasteiger partial charge on any atom is -0.348 e. The molecule has 2 aromatic rings. The second-order valence-corrected chi connectivity index (χ2v) is 6.25. The SMILES string of the molecule is O=C(NC1CCCCN(Cc2ccccc2)C1)c1ccccc1. The second-order valence-electron chi connectivity index (χ2n) is 6.25. The highest BCUT2D eigenvalue weighted by Gasteiger charge is 2.20.